The molecule has 2 fully saturated rings. The van der Waals surface area contributed by atoms with Crippen molar-refractivity contribution in [1.82, 2.24) is 10.2 Å². The Morgan fingerprint density at radius 1 is 1.05 bits per heavy atom. The van der Waals surface area contributed by atoms with E-state index >= 15 is 0 Å². The number of sulfone groups is 1. The summed E-state index contributed by atoms with van der Waals surface area (Å²) in [6, 6.07) is 12.6. The van der Waals surface area contributed by atoms with Crippen molar-refractivity contribution in [3.63, 3.8) is 0 Å². The minimum atomic E-state index is -3.38. The fourth-order valence-electron chi connectivity index (χ4n) is 6.85. The average molecular weight is 613 g/mol. The Morgan fingerprint density at radius 3 is 2.44 bits per heavy atom. The number of likely N-dealkylation sites (tertiary alicyclic amines) is 1. The van der Waals surface area contributed by atoms with Crippen LogP contribution in [0.5, 0.6) is 0 Å². The van der Waals surface area contributed by atoms with Crippen LogP contribution in [-0.4, -0.2) is 74.7 Å². The molecule has 3 atom stereocenters. The van der Waals surface area contributed by atoms with E-state index in [2.05, 4.69) is 10.2 Å². The molecule has 2 N–H and O–H groups in total. The summed E-state index contributed by atoms with van der Waals surface area (Å²) >= 11 is 0. The Morgan fingerprint density at radius 2 is 1.77 bits per heavy atom. The average Bonchev–Trinajstić information content (AvgIpc) is 3.35. The fourth-order valence-corrected chi connectivity index (χ4v) is 7.51. The van der Waals surface area contributed by atoms with E-state index in [1.165, 1.54) is 44.9 Å². The molecule has 9 heteroatoms. The molecule has 1 saturated heterocycles. The highest BCUT2D eigenvalue weighted by Crippen LogP contribution is 2.35. The Bertz CT molecular complexity index is 1350. The molecule has 0 spiro atoms. The second-order valence-electron chi connectivity index (χ2n) is 12.7. The van der Waals surface area contributed by atoms with Crippen LogP contribution in [0.25, 0.3) is 11.1 Å². The van der Waals surface area contributed by atoms with Crippen LogP contribution in [0.3, 0.4) is 0 Å². The van der Waals surface area contributed by atoms with Crippen LogP contribution in [0.1, 0.15) is 79.3 Å². The number of ether oxygens (including phenoxy) is 1. The maximum absolute atomic E-state index is 13.5. The number of nitrogens with zero attached hydrogens (tertiary/aromatic N) is 1. The molecule has 3 unspecified atom stereocenters. The van der Waals surface area contributed by atoms with Gasteiger partial charge in [-0.05, 0) is 72.4 Å². The lowest BCUT2D eigenvalue weighted by atomic mass is 9.84. The molecule has 0 aromatic heterocycles. The standard InChI is InChI=1S/C34H48N2O6S/c1-24-9-7-8-12-29(24)31-20-27(15-16-30(31)33(37)35-32(34(38)39)17-18-43(3,40)41)22-36-21-26(19-28(36)23-42-2)14-13-25-10-5-4-6-11-25/h7-9,12,15-16,20,25-26,28,32H,4-6,10-11,13-14,17-19,21-23H2,1-3H3,(H,35,37)(H,38,39). The minimum absolute atomic E-state index is 0.199. The molecular formula is C34H48N2O6S. The zero-order chi connectivity index (χ0) is 31.0. The van der Waals surface area contributed by atoms with Crippen LogP contribution in [0.2, 0.25) is 0 Å². The first-order chi connectivity index (χ1) is 20.5. The van der Waals surface area contributed by atoms with Crippen molar-refractivity contribution < 1.29 is 27.9 Å². The predicted octanol–water partition coefficient (Wildman–Crippen LogP) is 5.48. The summed E-state index contributed by atoms with van der Waals surface area (Å²) in [7, 11) is -1.62. The van der Waals surface area contributed by atoms with E-state index in [1.807, 2.05) is 43.3 Å². The Kier molecular flexibility index (Phi) is 11.8. The highest BCUT2D eigenvalue weighted by Gasteiger charge is 2.33. The van der Waals surface area contributed by atoms with Gasteiger partial charge in [-0.15, -0.1) is 0 Å². The van der Waals surface area contributed by atoms with Crippen molar-refractivity contribution in [2.75, 3.05) is 32.3 Å². The lowest BCUT2D eigenvalue weighted by molar-refractivity contribution is -0.139. The first-order valence-corrected chi connectivity index (χ1v) is 17.7. The van der Waals surface area contributed by atoms with Crippen molar-refractivity contribution in [2.45, 2.75) is 83.3 Å². The van der Waals surface area contributed by atoms with Crippen molar-refractivity contribution in [2.24, 2.45) is 11.8 Å². The topological polar surface area (TPSA) is 113 Å². The van der Waals surface area contributed by atoms with E-state index in [9.17, 15) is 23.1 Å². The number of nitrogens with one attached hydrogen (secondary N) is 1. The van der Waals surface area contributed by atoms with Gasteiger partial charge in [-0.2, -0.15) is 0 Å². The number of hydrogen-bond donors (Lipinski definition) is 2. The number of carbonyl (C=O) groups excluding carboxylic acids is 1. The number of amides is 1. The third-order valence-corrected chi connectivity index (χ3v) is 10.2. The highest BCUT2D eigenvalue weighted by molar-refractivity contribution is 7.90. The molecule has 8 nitrogen and oxygen atoms in total. The first kappa shape index (κ1) is 33.1. The van der Waals surface area contributed by atoms with Crippen LogP contribution < -0.4 is 5.32 Å². The Hall–Kier alpha value is -2.75. The highest BCUT2D eigenvalue weighted by atomic mass is 32.2. The summed E-state index contributed by atoms with van der Waals surface area (Å²) in [5, 5.41) is 12.2. The van der Waals surface area contributed by atoms with E-state index in [-0.39, 0.29) is 12.2 Å². The summed E-state index contributed by atoms with van der Waals surface area (Å²) in [5.74, 6) is -0.586. The van der Waals surface area contributed by atoms with E-state index in [0.29, 0.717) is 24.1 Å². The van der Waals surface area contributed by atoms with Gasteiger partial charge in [0.25, 0.3) is 5.91 Å². The van der Waals surface area contributed by atoms with Gasteiger partial charge in [0.15, 0.2) is 0 Å². The lowest BCUT2D eigenvalue weighted by Gasteiger charge is -2.25. The summed E-state index contributed by atoms with van der Waals surface area (Å²) in [6.45, 7) is 4.45. The monoisotopic (exact) mass is 612 g/mol. The van der Waals surface area contributed by atoms with Crippen LogP contribution >= 0.6 is 0 Å². The molecule has 236 valence electrons. The second kappa shape index (κ2) is 15.3. The molecule has 2 aromatic rings. The van der Waals surface area contributed by atoms with E-state index in [4.69, 9.17) is 4.74 Å². The molecule has 1 aliphatic carbocycles. The quantitative estimate of drug-likeness (QED) is 0.291. The molecule has 1 amide bonds. The summed E-state index contributed by atoms with van der Waals surface area (Å²) < 4.78 is 28.9. The van der Waals surface area contributed by atoms with Gasteiger partial charge >= 0.3 is 5.97 Å². The number of rotatable bonds is 14. The van der Waals surface area contributed by atoms with Crippen molar-refractivity contribution >= 4 is 21.7 Å². The zero-order valence-corrected chi connectivity index (χ0v) is 26.7. The van der Waals surface area contributed by atoms with Crippen LogP contribution in [0, 0.1) is 18.8 Å². The molecule has 1 heterocycles. The van der Waals surface area contributed by atoms with Crippen LogP contribution in [0.4, 0.5) is 0 Å². The van der Waals surface area contributed by atoms with Crippen LogP contribution in [-0.2, 0) is 25.9 Å². The van der Waals surface area contributed by atoms with E-state index < -0.39 is 27.8 Å². The SMILES string of the molecule is COCC1CC(CCC2CCCCC2)CN1Cc1ccc(C(=O)NC(CCS(C)(=O)=O)C(=O)O)c(-c2ccccc2C)c1. The third kappa shape index (κ3) is 9.62. The van der Waals surface area contributed by atoms with E-state index in [1.54, 1.807) is 13.2 Å². The number of benzene rings is 2. The molecule has 1 aliphatic heterocycles. The van der Waals surface area contributed by atoms with Crippen molar-refractivity contribution in [3.8, 4) is 11.1 Å². The normalized spacial score (nSPS) is 20.6. The van der Waals surface area contributed by atoms with Gasteiger partial charge in [0.2, 0.25) is 0 Å². The van der Waals surface area contributed by atoms with Gasteiger partial charge in [-0.25, -0.2) is 13.2 Å². The van der Waals surface area contributed by atoms with Crippen molar-refractivity contribution in [1.29, 1.82) is 0 Å². The van der Waals surface area contributed by atoms with Gasteiger partial charge in [-0.3, -0.25) is 9.69 Å². The van der Waals surface area contributed by atoms with Gasteiger partial charge < -0.3 is 15.2 Å². The Labute approximate surface area is 257 Å². The number of carbonyl (C=O) groups is 2. The van der Waals surface area contributed by atoms with Crippen LogP contribution in [0.15, 0.2) is 42.5 Å². The fraction of sp³-hybridized carbons (Fsp3) is 0.588. The number of hydrogen-bond acceptors (Lipinski definition) is 6. The largest absolute Gasteiger partial charge is 0.480 e. The summed E-state index contributed by atoms with van der Waals surface area (Å²) in [4.78, 5) is 27.8. The molecular weight excluding hydrogens is 564 g/mol. The minimum Gasteiger partial charge on any atom is -0.480 e. The molecule has 1 saturated carbocycles. The zero-order valence-electron chi connectivity index (χ0n) is 25.9. The number of carboxylic acids is 1. The number of aryl methyl sites for hydroxylation is 1. The number of aliphatic carboxylic acids is 1. The van der Waals surface area contributed by atoms with Gasteiger partial charge in [-0.1, -0.05) is 68.9 Å². The number of methoxy groups -OCH3 is 1. The molecule has 4 rings (SSSR count). The Balaban J connectivity index is 1.54. The second-order valence-corrected chi connectivity index (χ2v) is 15.0. The van der Waals surface area contributed by atoms with Gasteiger partial charge in [0.05, 0.1) is 12.4 Å². The number of carboxylic acid groups (broad SMARTS) is 1. The first-order valence-electron chi connectivity index (χ1n) is 15.7. The van der Waals surface area contributed by atoms with Gasteiger partial charge in [0, 0.05) is 38.1 Å². The maximum atomic E-state index is 13.5. The summed E-state index contributed by atoms with van der Waals surface area (Å²) in [6.07, 6.45) is 11.5. The molecule has 2 aliphatic rings. The lowest BCUT2D eigenvalue weighted by Crippen LogP contribution is -2.42. The van der Waals surface area contributed by atoms with E-state index in [0.717, 1.165) is 53.9 Å². The molecule has 2 aromatic carbocycles. The predicted molar refractivity (Wildman–Crippen MR) is 170 cm³/mol. The van der Waals surface area contributed by atoms with Gasteiger partial charge in [0.1, 0.15) is 15.9 Å². The third-order valence-electron chi connectivity index (χ3n) is 9.21. The summed E-state index contributed by atoms with van der Waals surface area (Å²) in [5.41, 5.74) is 4.08. The maximum Gasteiger partial charge on any atom is 0.326 e. The molecule has 43 heavy (non-hydrogen) atoms. The molecule has 0 bridgehead atoms. The van der Waals surface area contributed by atoms with Crippen molar-refractivity contribution in [3.05, 3.63) is 59.2 Å². The molecule has 0 radical (unpaired) electrons. The smallest absolute Gasteiger partial charge is 0.326 e.